The zero-order valence-corrected chi connectivity index (χ0v) is 15.2. The Kier molecular flexibility index (Phi) is 6.50. The third kappa shape index (κ3) is 4.16. The summed E-state index contributed by atoms with van der Waals surface area (Å²) in [5, 5.41) is 7.58. The van der Waals surface area contributed by atoms with E-state index in [1.165, 1.54) is 10.7 Å². The summed E-state index contributed by atoms with van der Waals surface area (Å²) in [5.41, 5.74) is 0.310. The van der Waals surface area contributed by atoms with E-state index in [2.05, 4.69) is 15.4 Å². The number of nitrogens with one attached hydrogen (secondary N) is 1. The molecular weight excluding hydrogens is 345 g/mol. The third-order valence-corrected chi connectivity index (χ3v) is 4.05. The topological polar surface area (TPSA) is 63.1 Å². The van der Waals surface area contributed by atoms with Gasteiger partial charge in [0.25, 0.3) is 5.91 Å². The average Bonchev–Trinajstić information content (AvgIpc) is 2.83. The highest BCUT2D eigenvalue weighted by Gasteiger charge is 2.25. The number of para-hydroxylation sites is 1. The molecule has 0 saturated carbocycles. The number of amides is 1. The number of aromatic nitrogens is 3. The van der Waals surface area contributed by atoms with Crippen molar-refractivity contribution in [2.75, 3.05) is 26.2 Å². The summed E-state index contributed by atoms with van der Waals surface area (Å²) >= 11 is 0. The Balaban J connectivity index is 0.00000225. The molecule has 3 rings (SSSR count). The molecule has 0 radical (unpaired) electrons. The summed E-state index contributed by atoms with van der Waals surface area (Å²) in [6.45, 7) is 6.87. The molecule has 2 aromatic rings. The van der Waals surface area contributed by atoms with Gasteiger partial charge in [0.05, 0.1) is 0 Å². The van der Waals surface area contributed by atoms with Crippen LogP contribution in [0.4, 0.5) is 4.39 Å². The van der Waals surface area contributed by atoms with Gasteiger partial charge >= 0.3 is 0 Å². The molecule has 0 unspecified atom stereocenters. The van der Waals surface area contributed by atoms with Crippen LogP contribution in [0.1, 0.15) is 42.6 Å². The fourth-order valence-electron chi connectivity index (χ4n) is 2.78. The van der Waals surface area contributed by atoms with Gasteiger partial charge in [-0.2, -0.15) is 0 Å². The first kappa shape index (κ1) is 19.3. The third-order valence-electron chi connectivity index (χ3n) is 4.05. The van der Waals surface area contributed by atoms with Crippen LogP contribution in [0.3, 0.4) is 0 Å². The minimum atomic E-state index is -0.387. The van der Waals surface area contributed by atoms with E-state index in [-0.39, 0.29) is 35.9 Å². The molecule has 1 aromatic carbocycles. The lowest BCUT2D eigenvalue weighted by atomic mass is 10.2. The Labute approximate surface area is 152 Å². The molecular formula is C17H23ClFN5O. The van der Waals surface area contributed by atoms with Gasteiger partial charge in [0.2, 0.25) is 5.82 Å². The van der Waals surface area contributed by atoms with Gasteiger partial charge in [0.15, 0.2) is 0 Å². The largest absolute Gasteiger partial charge is 0.335 e. The number of carbonyl (C=O) groups is 1. The van der Waals surface area contributed by atoms with Crippen LogP contribution in [0.2, 0.25) is 0 Å². The fourth-order valence-corrected chi connectivity index (χ4v) is 2.78. The highest BCUT2D eigenvalue weighted by atomic mass is 35.5. The molecule has 1 aromatic heterocycles. The molecule has 2 heterocycles. The highest BCUT2D eigenvalue weighted by molar-refractivity contribution is 5.90. The summed E-state index contributed by atoms with van der Waals surface area (Å²) in [5.74, 6) is 0.141. The quantitative estimate of drug-likeness (QED) is 0.904. The van der Waals surface area contributed by atoms with Gasteiger partial charge in [-0.25, -0.2) is 14.1 Å². The fraction of sp³-hybridized carbons (Fsp3) is 0.471. The van der Waals surface area contributed by atoms with Gasteiger partial charge < -0.3 is 10.2 Å². The maximum absolute atomic E-state index is 14.1. The molecule has 1 aliphatic heterocycles. The molecule has 0 spiro atoms. The van der Waals surface area contributed by atoms with Crippen molar-refractivity contribution in [1.29, 1.82) is 0 Å². The molecule has 25 heavy (non-hydrogen) atoms. The van der Waals surface area contributed by atoms with Crippen LogP contribution in [-0.4, -0.2) is 51.8 Å². The minimum Gasteiger partial charge on any atom is -0.335 e. The Morgan fingerprint density at radius 3 is 2.72 bits per heavy atom. The van der Waals surface area contributed by atoms with Crippen LogP contribution in [0.25, 0.3) is 5.69 Å². The Bertz CT molecular complexity index is 726. The molecule has 0 atom stereocenters. The molecule has 6 nitrogen and oxygen atoms in total. The predicted octanol–water partition coefficient (Wildman–Crippen LogP) is 2.39. The van der Waals surface area contributed by atoms with Crippen LogP contribution in [0.5, 0.6) is 0 Å². The summed E-state index contributed by atoms with van der Waals surface area (Å²) in [6, 6.07) is 6.39. The standard InChI is InChI=1S/C17H22FN5O.ClH/c1-12(2)16-20-15(17(24)22-10-5-8-19-9-11-22)21-23(16)14-7-4-3-6-13(14)18;/h3-4,6-7,12,19H,5,8-11H2,1-2H3;1H. The van der Waals surface area contributed by atoms with Gasteiger partial charge in [0.1, 0.15) is 17.3 Å². The van der Waals surface area contributed by atoms with E-state index in [1.807, 2.05) is 13.8 Å². The molecule has 1 fully saturated rings. The predicted molar refractivity (Wildman–Crippen MR) is 96.0 cm³/mol. The second kappa shape index (κ2) is 8.40. The molecule has 1 aliphatic rings. The van der Waals surface area contributed by atoms with Crippen molar-refractivity contribution in [2.45, 2.75) is 26.2 Å². The number of carbonyl (C=O) groups excluding carboxylic acids is 1. The van der Waals surface area contributed by atoms with Crippen LogP contribution < -0.4 is 5.32 Å². The first-order valence-electron chi connectivity index (χ1n) is 8.30. The molecule has 1 saturated heterocycles. The Morgan fingerprint density at radius 1 is 1.24 bits per heavy atom. The summed E-state index contributed by atoms with van der Waals surface area (Å²) in [7, 11) is 0. The van der Waals surface area contributed by atoms with E-state index in [4.69, 9.17) is 0 Å². The lowest BCUT2D eigenvalue weighted by Gasteiger charge is -2.17. The summed E-state index contributed by atoms with van der Waals surface area (Å²) < 4.78 is 15.6. The number of nitrogens with zero attached hydrogens (tertiary/aromatic N) is 4. The van der Waals surface area contributed by atoms with Crippen molar-refractivity contribution in [3.05, 3.63) is 41.7 Å². The zero-order valence-electron chi connectivity index (χ0n) is 14.4. The van der Waals surface area contributed by atoms with E-state index in [1.54, 1.807) is 23.1 Å². The lowest BCUT2D eigenvalue weighted by molar-refractivity contribution is 0.0754. The van der Waals surface area contributed by atoms with E-state index in [9.17, 15) is 9.18 Å². The normalized spacial score (nSPS) is 15.0. The van der Waals surface area contributed by atoms with Gasteiger partial charge in [0, 0.05) is 25.6 Å². The van der Waals surface area contributed by atoms with E-state index in [0.717, 1.165) is 19.5 Å². The Morgan fingerprint density at radius 2 is 2.00 bits per heavy atom. The number of hydrogen-bond donors (Lipinski definition) is 1. The second-order valence-corrected chi connectivity index (χ2v) is 6.21. The number of hydrogen-bond acceptors (Lipinski definition) is 4. The van der Waals surface area contributed by atoms with Crippen molar-refractivity contribution in [3.63, 3.8) is 0 Å². The molecule has 136 valence electrons. The van der Waals surface area contributed by atoms with Gasteiger partial charge in [-0.1, -0.05) is 26.0 Å². The molecule has 0 aliphatic carbocycles. The first-order chi connectivity index (χ1) is 11.6. The monoisotopic (exact) mass is 367 g/mol. The van der Waals surface area contributed by atoms with Crippen molar-refractivity contribution >= 4 is 18.3 Å². The van der Waals surface area contributed by atoms with Crippen molar-refractivity contribution < 1.29 is 9.18 Å². The van der Waals surface area contributed by atoms with Crippen LogP contribution in [-0.2, 0) is 0 Å². The maximum atomic E-state index is 14.1. The summed E-state index contributed by atoms with van der Waals surface area (Å²) in [4.78, 5) is 18.9. The number of benzene rings is 1. The van der Waals surface area contributed by atoms with E-state index in [0.29, 0.717) is 24.6 Å². The van der Waals surface area contributed by atoms with E-state index >= 15 is 0 Å². The Hall–Kier alpha value is -1.99. The second-order valence-electron chi connectivity index (χ2n) is 6.21. The number of halogens is 2. The first-order valence-corrected chi connectivity index (χ1v) is 8.30. The van der Waals surface area contributed by atoms with Crippen molar-refractivity contribution in [3.8, 4) is 5.69 Å². The van der Waals surface area contributed by atoms with Crippen LogP contribution >= 0.6 is 12.4 Å². The summed E-state index contributed by atoms with van der Waals surface area (Å²) in [6.07, 6.45) is 0.900. The lowest BCUT2D eigenvalue weighted by Crippen LogP contribution is -2.34. The average molecular weight is 368 g/mol. The van der Waals surface area contributed by atoms with Crippen molar-refractivity contribution in [1.82, 2.24) is 25.0 Å². The van der Waals surface area contributed by atoms with Crippen LogP contribution in [0.15, 0.2) is 24.3 Å². The van der Waals surface area contributed by atoms with Gasteiger partial charge in [-0.3, -0.25) is 4.79 Å². The highest BCUT2D eigenvalue weighted by Crippen LogP contribution is 2.20. The molecule has 0 bridgehead atoms. The smallest absolute Gasteiger partial charge is 0.293 e. The molecule has 1 N–H and O–H groups in total. The van der Waals surface area contributed by atoms with Gasteiger partial charge in [-0.05, 0) is 25.1 Å². The molecule has 1 amide bonds. The minimum absolute atomic E-state index is 0. The van der Waals surface area contributed by atoms with E-state index < -0.39 is 0 Å². The zero-order chi connectivity index (χ0) is 17.1. The van der Waals surface area contributed by atoms with Crippen molar-refractivity contribution in [2.24, 2.45) is 0 Å². The molecule has 8 heteroatoms. The van der Waals surface area contributed by atoms with Gasteiger partial charge in [-0.15, -0.1) is 17.5 Å². The number of rotatable bonds is 3. The SMILES string of the molecule is CC(C)c1nc(C(=O)N2CCCNCC2)nn1-c1ccccc1F.Cl. The van der Waals surface area contributed by atoms with Crippen LogP contribution in [0, 0.1) is 5.82 Å². The maximum Gasteiger partial charge on any atom is 0.293 e.